The lowest BCUT2D eigenvalue weighted by Crippen LogP contribution is -2.39. The molecule has 0 saturated carbocycles. The van der Waals surface area contributed by atoms with E-state index in [0.717, 1.165) is 36.3 Å². The fraction of sp³-hybridized carbons (Fsp3) is 0.471. The molecule has 2 atom stereocenters. The van der Waals surface area contributed by atoms with Crippen molar-refractivity contribution in [1.29, 1.82) is 0 Å². The minimum Gasteiger partial charge on any atom is -0.337 e. The number of aryl methyl sites for hydroxylation is 1. The van der Waals surface area contributed by atoms with Crippen LogP contribution in [0.15, 0.2) is 30.9 Å². The molecule has 0 aliphatic carbocycles. The van der Waals surface area contributed by atoms with Gasteiger partial charge < -0.3 is 10.2 Å². The van der Waals surface area contributed by atoms with Crippen LogP contribution in [0.2, 0.25) is 0 Å². The zero-order valence-corrected chi connectivity index (χ0v) is 13.3. The Bertz CT molecular complexity index is 712. The van der Waals surface area contributed by atoms with Crippen molar-refractivity contribution in [2.24, 2.45) is 0 Å². The van der Waals surface area contributed by atoms with Gasteiger partial charge in [0.25, 0.3) is 5.91 Å². The first kappa shape index (κ1) is 14.4. The largest absolute Gasteiger partial charge is 0.337 e. The van der Waals surface area contributed by atoms with Gasteiger partial charge in [-0.1, -0.05) is 0 Å². The second-order valence-corrected chi connectivity index (χ2v) is 6.52. The van der Waals surface area contributed by atoms with Gasteiger partial charge in [0.05, 0.1) is 5.69 Å². The van der Waals surface area contributed by atoms with E-state index in [2.05, 4.69) is 15.4 Å². The van der Waals surface area contributed by atoms with Gasteiger partial charge in [-0.2, -0.15) is 5.10 Å². The Morgan fingerprint density at radius 3 is 2.91 bits per heavy atom. The van der Waals surface area contributed by atoms with Gasteiger partial charge >= 0.3 is 0 Å². The molecule has 0 radical (unpaired) electrons. The third kappa shape index (κ3) is 2.74. The SMILES string of the molecule is Cc1cc(C(=O)N2CCC3CCC(C2)N3)ccc1-n1cncn1. The number of aromatic nitrogens is 3. The Hall–Kier alpha value is -2.21. The number of rotatable bonds is 2. The normalized spacial score (nSPS) is 23.8. The molecule has 2 aliphatic heterocycles. The monoisotopic (exact) mass is 311 g/mol. The van der Waals surface area contributed by atoms with Crippen LogP contribution in [0.25, 0.3) is 5.69 Å². The number of hydrogen-bond donors (Lipinski definition) is 1. The summed E-state index contributed by atoms with van der Waals surface area (Å²) in [7, 11) is 0. The highest BCUT2D eigenvalue weighted by molar-refractivity contribution is 5.94. The molecule has 2 aromatic rings. The zero-order chi connectivity index (χ0) is 15.8. The van der Waals surface area contributed by atoms with E-state index >= 15 is 0 Å². The van der Waals surface area contributed by atoms with Crippen LogP contribution in [-0.2, 0) is 0 Å². The maximum atomic E-state index is 12.8. The van der Waals surface area contributed by atoms with Gasteiger partial charge in [-0.05, 0) is 49.9 Å². The Balaban J connectivity index is 1.55. The highest BCUT2D eigenvalue weighted by Gasteiger charge is 2.31. The lowest BCUT2D eigenvalue weighted by atomic mass is 10.1. The molecular formula is C17H21N5O. The van der Waals surface area contributed by atoms with Gasteiger partial charge in [-0.25, -0.2) is 9.67 Å². The predicted molar refractivity (Wildman–Crippen MR) is 86.6 cm³/mol. The van der Waals surface area contributed by atoms with Crippen LogP contribution in [0.5, 0.6) is 0 Å². The lowest BCUT2D eigenvalue weighted by Gasteiger charge is -2.24. The van der Waals surface area contributed by atoms with Crippen molar-refractivity contribution in [3.8, 4) is 5.69 Å². The summed E-state index contributed by atoms with van der Waals surface area (Å²) in [6.45, 7) is 3.66. The molecule has 120 valence electrons. The van der Waals surface area contributed by atoms with Gasteiger partial charge in [-0.3, -0.25) is 4.79 Å². The number of fused-ring (bicyclic) bond motifs is 2. The summed E-state index contributed by atoms with van der Waals surface area (Å²) in [5.74, 6) is 0.132. The van der Waals surface area contributed by atoms with Crippen molar-refractivity contribution in [1.82, 2.24) is 25.0 Å². The second kappa shape index (κ2) is 5.77. The van der Waals surface area contributed by atoms with Gasteiger partial charge in [0.1, 0.15) is 12.7 Å². The number of amides is 1. The third-order valence-corrected chi connectivity index (χ3v) is 4.92. The maximum absolute atomic E-state index is 12.8. The van der Waals surface area contributed by atoms with Crippen LogP contribution in [0.4, 0.5) is 0 Å². The summed E-state index contributed by atoms with van der Waals surface area (Å²) in [4.78, 5) is 18.8. The fourth-order valence-corrected chi connectivity index (χ4v) is 3.69. The molecule has 1 aromatic heterocycles. The summed E-state index contributed by atoms with van der Waals surface area (Å²) < 4.78 is 1.72. The Morgan fingerprint density at radius 2 is 2.13 bits per heavy atom. The average Bonchev–Trinajstić information content (AvgIpc) is 3.16. The van der Waals surface area contributed by atoms with Crippen LogP contribution in [0.3, 0.4) is 0 Å². The van der Waals surface area contributed by atoms with E-state index in [-0.39, 0.29) is 5.91 Å². The summed E-state index contributed by atoms with van der Waals surface area (Å²) in [6.07, 6.45) is 6.66. The molecule has 2 aliphatic rings. The highest BCUT2D eigenvalue weighted by Crippen LogP contribution is 2.22. The summed E-state index contributed by atoms with van der Waals surface area (Å²) in [5.41, 5.74) is 2.73. The third-order valence-electron chi connectivity index (χ3n) is 4.92. The number of nitrogens with zero attached hydrogens (tertiary/aromatic N) is 4. The Morgan fingerprint density at radius 1 is 1.26 bits per heavy atom. The minimum absolute atomic E-state index is 0.132. The first-order valence-corrected chi connectivity index (χ1v) is 8.21. The molecular weight excluding hydrogens is 290 g/mol. The number of hydrogen-bond acceptors (Lipinski definition) is 4. The van der Waals surface area contributed by atoms with Crippen LogP contribution >= 0.6 is 0 Å². The van der Waals surface area contributed by atoms with E-state index in [1.165, 1.54) is 19.2 Å². The molecule has 2 unspecified atom stereocenters. The molecule has 0 spiro atoms. The van der Waals surface area contributed by atoms with Crippen LogP contribution in [-0.4, -0.2) is 50.7 Å². The lowest BCUT2D eigenvalue weighted by molar-refractivity contribution is 0.0748. The van der Waals surface area contributed by atoms with E-state index in [4.69, 9.17) is 0 Å². The number of likely N-dealkylation sites (tertiary alicyclic amines) is 1. The van der Waals surface area contributed by atoms with E-state index < -0.39 is 0 Å². The molecule has 2 fully saturated rings. The fourth-order valence-electron chi connectivity index (χ4n) is 3.69. The molecule has 3 heterocycles. The van der Waals surface area contributed by atoms with E-state index in [0.29, 0.717) is 12.1 Å². The predicted octanol–water partition coefficient (Wildman–Crippen LogP) is 1.54. The van der Waals surface area contributed by atoms with Gasteiger partial charge in [0, 0.05) is 30.7 Å². The van der Waals surface area contributed by atoms with Crippen LogP contribution in [0, 0.1) is 6.92 Å². The number of benzene rings is 1. The smallest absolute Gasteiger partial charge is 0.253 e. The van der Waals surface area contributed by atoms with Gasteiger partial charge in [-0.15, -0.1) is 0 Å². The molecule has 4 rings (SSSR count). The van der Waals surface area contributed by atoms with Crippen LogP contribution in [0.1, 0.15) is 35.2 Å². The topological polar surface area (TPSA) is 63.1 Å². The highest BCUT2D eigenvalue weighted by atomic mass is 16.2. The molecule has 1 amide bonds. The van der Waals surface area contributed by atoms with Gasteiger partial charge in [0.2, 0.25) is 0 Å². The number of carbonyl (C=O) groups is 1. The molecule has 2 saturated heterocycles. The summed E-state index contributed by atoms with van der Waals surface area (Å²) in [6, 6.07) is 6.84. The van der Waals surface area contributed by atoms with E-state index in [1.807, 2.05) is 30.0 Å². The average molecular weight is 311 g/mol. The number of nitrogens with one attached hydrogen (secondary N) is 1. The first-order valence-electron chi connectivity index (χ1n) is 8.21. The second-order valence-electron chi connectivity index (χ2n) is 6.52. The molecule has 1 aromatic carbocycles. The van der Waals surface area contributed by atoms with Crippen LogP contribution < -0.4 is 5.32 Å². The van der Waals surface area contributed by atoms with Crippen molar-refractivity contribution in [3.63, 3.8) is 0 Å². The molecule has 6 heteroatoms. The zero-order valence-electron chi connectivity index (χ0n) is 13.3. The molecule has 6 nitrogen and oxygen atoms in total. The molecule has 1 N–H and O–H groups in total. The standard InChI is InChI=1S/C17H21N5O/c1-12-8-13(2-5-16(12)22-11-18-10-19-22)17(23)21-7-6-14-3-4-15(9-21)20-14/h2,5,8,10-11,14-15,20H,3-4,6-7,9H2,1H3. The summed E-state index contributed by atoms with van der Waals surface area (Å²) in [5, 5.41) is 7.77. The van der Waals surface area contributed by atoms with Crippen molar-refractivity contribution < 1.29 is 4.79 Å². The van der Waals surface area contributed by atoms with Crippen molar-refractivity contribution in [3.05, 3.63) is 42.0 Å². The Labute approximate surface area is 135 Å². The van der Waals surface area contributed by atoms with Crippen molar-refractivity contribution >= 4 is 5.91 Å². The first-order chi connectivity index (χ1) is 11.2. The summed E-state index contributed by atoms with van der Waals surface area (Å²) >= 11 is 0. The Kier molecular flexibility index (Phi) is 3.61. The van der Waals surface area contributed by atoms with E-state index in [9.17, 15) is 4.79 Å². The quantitative estimate of drug-likeness (QED) is 0.914. The number of carbonyl (C=O) groups excluding carboxylic acids is 1. The minimum atomic E-state index is 0.132. The molecule has 2 bridgehead atoms. The van der Waals surface area contributed by atoms with Crippen molar-refractivity contribution in [2.45, 2.75) is 38.3 Å². The van der Waals surface area contributed by atoms with E-state index in [1.54, 1.807) is 11.0 Å². The van der Waals surface area contributed by atoms with Gasteiger partial charge in [0.15, 0.2) is 0 Å². The maximum Gasteiger partial charge on any atom is 0.253 e. The molecule has 23 heavy (non-hydrogen) atoms. The van der Waals surface area contributed by atoms with Crippen molar-refractivity contribution in [2.75, 3.05) is 13.1 Å².